The van der Waals surface area contributed by atoms with Crippen LogP contribution in [0.1, 0.15) is 127 Å². The lowest BCUT2D eigenvalue weighted by atomic mass is 9.82. The van der Waals surface area contributed by atoms with Gasteiger partial charge in [0.15, 0.2) is 6.20 Å². The number of aromatic amines is 1. The molecule has 0 spiro atoms. The van der Waals surface area contributed by atoms with E-state index in [9.17, 15) is 24.3 Å². The number of hydrogen-bond donors (Lipinski definition) is 7. The molecule has 2 aliphatic heterocycles. The molecule has 0 aliphatic carbocycles. The standard InChI is InChI=1S/C58H80N14O9/c1-9-78-53(75)56(3,4)29-48(41-21-14-11-15-22-41)70-37-45(61-65-70)33-68(35-47-39-72(67-63-47)50(31-58(7,8)54(76)79-10-2)52(74)43-25-18-13-19-26-43)34-46-38-71(66-62-46)49(42-23-16-12-17-24-42)30-57(5,6)55(77)81-28-20-27-80-51(73)40-69-36-44(32-59)60-64-69/h11-19,21-26,36-39,48-50,52,74H,9-10,20,27-35,40,59H2,1-8H3,(H4,60,61,62,63,64,65,66,67)/p+1. The molecule has 0 fully saturated rings. The van der Waals surface area contributed by atoms with Gasteiger partial charge in [0, 0.05) is 43.6 Å². The molecule has 4 atom stereocenters. The van der Waals surface area contributed by atoms with E-state index in [1.54, 1.807) is 24.7 Å². The maximum Gasteiger partial charge on any atom is 0.350 e. The summed E-state index contributed by atoms with van der Waals surface area (Å²) in [5, 5.41) is 31.9. The number of aliphatic hydroxyl groups is 1. The quantitative estimate of drug-likeness (QED) is 0.0135. The molecule has 4 heterocycles. The highest BCUT2D eigenvalue weighted by Crippen LogP contribution is 2.38. The van der Waals surface area contributed by atoms with E-state index in [-0.39, 0.29) is 63.9 Å². The smallest absolute Gasteiger partial charge is 0.350 e. The fourth-order valence-electron chi connectivity index (χ4n) is 9.72. The second kappa shape index (κ2) is 28.1. The fraction of sp³-hybridized carbons (Fsp3) is 0.483. The minimum Gasteiger partial charge on any atom is -0.466 e. The van der Waals surface area contributed by atoms with Crippen molar-refractivity contribution in [2.24, 2.45) is 22.0 Å². The molecule has 0 saturated heterocycles. The Labute approximate surface area is 474 Å². The maximum absolute atomic E-state index is 13.8. The minimum atomic E-state index is -0.988. The van der Waals surface area contributed by atoms with Crippen LogP contribution in [0, 0.1) is 16.2 Å². The van der Waals surface area contributed by atoms with Crippen molar-refractivity contribution in [3.05, 3.63) is 155 Å². The predicted molar refractivity (Wildman–Crippen MR) is 298 cm³/mol. The highest BCUT2D eigenvalue weighted by molar-refractivity contribution is 5.77. The van der Waals surface area contributed by atoms with Gasteiger partial charge in [0.25, 0.3) is 0 Å². The highest BCUT2D eigenvalue weighted by Gasteiger charge is 2.40. The summed E-state index contributed by atoms with van der Waals surface area (Å²) >= 11 is 0. The molecule has 2 aromatic heterocycles. The van der Waals surface area contributed by atoms with Gasteiger partial charge < -0.3 is 40.6 Å². The average molecular weight is 1120 g/mol. The number of rotatable bonds is 31. The van der Waals surface area contributed by atoms with Crippen LogP contribution in [0.2, 0.25) is 0 Å². The fourth-order valence-corrected chi connectivity index (χ4v) is 9.72. The van der Waals surface area contributed by atoms with Gasteiger partial charge in [-0.05, 0) is 91.3 Å². The third-order valence-corrected chi connectivity index (χ3v) is 14.2. The van der Waals surface area contributed by atoms with E-state index in [0.29, 0.717) is 55.8 Å². The Morgan fingerprint density at radius 2 is 1.16 bits per heavy atom. The summed E-state index contributed by atoms with van der Waals surface area (Å²) in [6, 6.07) is 27.9. The van der Waals surface area contributed by atoms with E-state index in [1.165, 1.54) is 4.68 Å². The van der Waals surface area contributed by atoms with Crippen molar-refractivity contribution < 1.29 is 47.9 Å². The van der Waals surface area contributed by atoms with Crippen molar-refractivity contribution in [1.82, 2.24) is 62.1 Å². The van der Waals surface area contributed by atoms with Crippen LogP contribution in [-0.2, 0) is 57.8 Å². The number of esters is 4. The summed E-state index contributed by atoms with van der Waals surface area (Å²) in [5.74, 6) is -1.52. The number of nitrogens with zero attached hydrogens (tertiary/aromatic N) is 8. The lowest BCUT2D eigenvalue weighted by Crippen LogP contribution is -2.49. The second-order valence-corrected chi connectivity index (χ2v) is 22.3. The van der Waals surface area contributed by atoms with Crippen LogP contribution in [-0.4, -0.2) is 115 Å². The van der Waals surface area contributed by atoms with E-state index in [0.717, 1.165) is 22.5 Å². The summed E-state index contributed by atoms with van der Waals surface area (Å²) in [5.41, 5.74) is 21.7. The van der Waals surface area contributed by atoms with Gasteiger partial charge in [0.1, 0.15) is 6.10 Å². The molecule has 7 rings (SSSR count). The first-order chi connectivity index (χ1) is 38.8. The van der Waals surface area contributed by atoms with Crippen molar-refractivity contribution in [2.75, 3.05) is 39.5 Å². The molecule has 4 unspecified atom stereocenters. The second-order valence-electron chi connectivity index (χ2n) is 22.3. The SMILES string of the molecule is CCOC(=O)C(C)(C)CC(c1ccccc1)N1C=C(CN(CC2=CN(C(CC(C)(C)C(=O)OCC)C(O)c3ccccc3)NN2)Cc2cn(C(CC(C)(C)C(=O)OCCCOC(=O)C[n+]3cc(CN)n[nH]3)c3ccccc3)nn2)NN1. The molecule has 23 heteroatoms. The number of H-pyrrole nitrogens is 1. The van der Waals surface area contributed by atoms with Crippen LogP contribution in [0.15, 0.2) is 127 Å². The Bertz CT molecular complexity index is 2900. The number of nitrogens with two attached hydrogens (primary N) is 1. The summed E-state index contributed by atoms with van der Waals surface area (Å²) in [6.45, 7) is 16.5. The predicted octanol–water partition coefficient (Wildman–Crippen LogP) is 4.87. The molecule has 3 aromatic carbocycles. The Balaban J connectivity index is 1.12. The third kappa shape index (κ3) is 16.9. The van der Waals surface area contributed by atoms with E-state index in [4.69, 9.17) is 29.8 Å². The van der Waals surface area contributed by atoms with Crippen molar-refractivity contribution >= 4 is 23.9 Å². The van der Waals surface area contributed by atoms with Gasteiger partial charge in [-0.1, -0.05) is 101 Å². The van der Waals surface area contributed by atoms with Crippen LogP contribution in [0.5, 0.6) is 0 Å². The Morgan fingerprint density at radius 1 is 0.654 bits per heavy atom. The lowest BCUT2D eigenvalue weighted by Gasteiger charge is -2.36. The average Bonchev–Trinajstić information content (AvgIpc) is 4.32. The molecular weight excluding hydrogens is 1040 g/mol. The zero-order valence-corrected chi connectivity index (χ0v) is 47.8. The van der Waals surface area contributed by atoms with Crippen LogP contribution >= 0.6 is 0 Å². The third-order valence-electron chi connectivity index (χ3n) is 14.2. The van der Waals surface area contributed by atoms with Crippen LogP contribution < -0.4 is 32.3 Å². The molecule has 0 saturated carbocycles. The van der Waals surface area contributed by atoms with Crippen LogP contribution in [0.4, 0.5) is 0 Å². The van der Waals surface area contributed by atoms with Gasteiger partial charge in [0.05, 0.1) is 90.6 Å². The zero-order chi connectivity index (χ0) is 58.2. The van der Waals surface area contributed by atoms with Gasteiger partial charge >= 0.3 is 23.9 Å². The highest BCUT2D eigenvalue weighted by atomic mass is 16.6. The first-order valence-electron chi connectivity index (χ1n) is 27.6. The summed E-state index contributed by atoms with van der Waals surface area (Å²) in [6.07, 6.45) is 7.78. The zero-order valence-electron chi connectivity index (χ0n) is 47.8. The number of aromatic nitrogens is 6. The Hall–Kier alpha value is -7.70. The van der Waals surface area contributed by atoms with Crippen molar-refractivity contribution in [2.45, 2.75) is 125 Å². The number of nitrogens with one attached hydrogen (secondary N) is 5. The van der Waals surface area contributed by atoms with Gasteiger partial charge in [0.2, 0.25) is 12.2 Å². The van der Waals surface area contributed by atoms with Crippen LogP contribution in [0.25, 0.3) is 0 Å². The molecule has 23 nitrogen and oxygen atoms in total. The van der Waals surface area contributed by atoms with Crippen LogP contribution in [0.3, 0.4) is 0 Å². The minimum absolute atomic E-state index is 0.0544. The van der Waals surface area contributed by atoms with Gasteiger partial charge in [-0.15, -0.1) is 16.2 Å². The van der Waals surface area contributed by atoms with E-state index in [1.807, 2.05) is 161 Å². The number of aliphatic hydroxyl groups excluding tert-OH is 1. The van der Waals surface area contributed by atoms with Gasteiger partial charge in [-0.3, -0.25) is 29.3 Å². The molecule has 5 aromatic rings. The number of carbonyl (C=O) groups excluding carboxylic acids is 4. The first-order valence-corrected chi connectivity index (χ1v) is 27.6. The lowest BCUT2D eigenvalue weighted by molar-refractivity contribution is -0.743. The molecular formula is C58H81N14O9+. The maximum atomic E-state index is 13.8. The van der Waals surface area contributed by atoms with E-state index < -0.39 is 46.4 Å². The summed E-state index contributed by atoms with van der Waals surface area (Å²) < 4.78 is 25.4. The number of carbonyl (C=O) groups is 4. The number of ether oxygens (including phenoxy) is 4. The first kappa shape index (κ1) is 60.9. The number of hydrazine groups is 4. The van der Waals surface area contributed by atoms with Gasteiger partial charge in [-0.2, -0.15) is 4.68 Å². The molecule has 436 valence electrons. The van der Waals surface area contributed by atoms with Crippen molar-refractivity contribution in [3.63, 3.8) is 0 Å². The molecule has 81 heavy (non-hydrogen) atoms. The summed E-state index contributed by atoms with van der Waals surface area (Å²) in [4.78, 5) is 54.9. The molecule has 0 bridgehead atoms. The molecule has 2 aliphatic rings. The van der Waals surface area contributed by atoms with Crippen molar-refractivity contribution in [3.8, 4) is 0 Å². The topological polar surface area (TPSA) is 273 Å². The Morgan fingerprint density at radius 3 is 1.73 bits per heavy atom. The molecule has 8 N–H and O–H groups in total. The Kier molecular flexibility index (Phi) is 21.2. The van der Waals surface area contributed by atoms with Crippen molar-refractivity contribution in [1.29, 1.82) is 0 Å². The molecule has 0 amide bonds. The number of hydrogen-bond acceptors (Lipinski definition) is 20. The normalized spacial score (nSPS) is 15.2. The number of benzene rings is 3. The molecule has 0 radical (unpaired) electrons. The monoisotopic (exact) mass is 1120 g/mol. The summed E-state index contributed by atoms with van der Waals surface area (Å²) in [7, 11) is 0. The van der Waals surface area contributed by atoms with Gasteiger partial charge in [-0.25, -0.2) is 9.48 Å². The van der Waals surface area contributed by atoms with E-state index >= 15 is 0 Å². The van der Waals surface area contributed by atoms with E-state index in [2.05, 4.69) is 42.3 Å². The largest absolute Gasteiger partial charge is 0.466 e.